The van der Waals surface area contributed by atoms with E-state index in [1.807, 2.05) is 74.5 Å². The van der Waals surface area contributed by atoms with Crippen LogP contribution in [0, 0.1) is 23.7 Å². The Morgan fingerprint density at radius 2 is 1.46 bits per heavy atom. The van der Waals surface area contributed by atoms with Gasteiger partial charge in [0, 0.05) is 24.5 Å². The lowest BCUT2D eigenvalue weighted by atomic mass is 9.48. The quantitative estimate of drug-likeness (QED) is 0.210. The summed E-state index contributed by atoms with van der Waals surface area (Å²) in [4.78, 5) is 29.8. The number of carbonyl (C=O) groups excluding carboxylic acids is 2. The molecule has 7 rings (SSSR count). The van der Waals surface area contributed by atoms with E-state index in [-0.39, 0.29) is 30.2 Å². The molecule has 3 aromatic carbocycles. The van der Waals surface area contributed by atoms with Crippen LogP contribution in [-0.2, 0) is 38.0 Å². The van der Waals surface area contributed by atoms with Crippen molar-refractivity contribution in [2.45, 2.75) is 76.8 Å². The summed E-state index contributed by atoms with van der Waals surface area (Å²) >= 11 is 6.58. The Hall–Kier alpha value is -3.36. The largest absolute Gasteiger partial charge is 0.354 e. The fourth-order valence-electron chi connectivity index (χ4n) is 8.85. The summed E-state index contributed by atoms with van der Waals surface area (Å²) in [6.07, 6.45) is 9.09. The average Bonchev–Trinajstić information content (AvgIpc) is 3.04. The second-order valence-electron chi connectivity index (χ2n) is 15.0. The van der Waals surface area contributed by atoms with Gasteiger partial charge in [-0.25, -0.2) is 8.42 Å². The number of nitrogens with one attached hydrogen (secondary N) is 1. The van der Waals surface area contributed by atoms with Crippen molar-refractivity contribution in [3.63, 3.8) is 0 Å². The molecular weight excluding hydrogens is 642 g/mol. The maximum Gasteiger partial charge on any atom is 0.244 e. The van der Waals surface area contributed by atoms with Crippen LogP contribution in [0.3, 0.4) is 0 Å². The molecule has 7 nitrogen and oxygen atoms in total. The summed E-state index contributed by atoms with van der Waals surface area (Å²) in [7, 11) is -3.85. The molecule has 4 saturated carbocycles. The number of halogens is 1. The Bertz CT molecular complexity index is 1680. The molecule has 256 valence electrons. The van der Waals surface area contributed by atoms with Gasteiger partial charge < -0.3 is 10.2 Å². The SMILES string of the molecule is CC(C)CNC(=O)[C@H](Cc1ccccc1)N(Cc1ccccc1Cl)C(=O)CN(c1ccc(C23CC4CC(CC(C4)C2)C3)cc1)S(C)(=O)=O. The van der Waals surface area contributed by atoms with E-state index in [2.05, 4.69) is 17.4 Å². The highest BCUT2D eigenvalue weighted by atomic mass is 35.5. The number of hydrogen-bond donors (Lipinski definition) is 1. The molecule has 4 aliphatic rings. The first-order chi connectivity index (χ1) is 22.9. The van der Waals surface area contributed by atoms with Crippen molar-refractivity contribution in [2.75, 3.05) is 23.7 Å². The van der Waals surface area contributed by atoms with Crippen LogP contribution in [0.2, 0.25) is 5.02 Å². The number of nitrogens with zero attached hydrogens (tertiary/aromatic N) is 2. The molecule has 0 heterocycles. The van der Waals surface area contributed by atoms with Crippen LogP contribution in [0.4, 0.5) is 5.69 Å². The molecule has 0 aliphatic heterocycles. The summed E-state index contributed by atoms with van der Waals surface area (Å²) in [5.74, 6) is 1.83. The maximum atomic E-state index is 14.5. The van der Waals surface area contributed by atoms with Crippen LogP contribution >= 0.6 is 11.6 Å². The number of rotatable bonds is 13. The molecule has 1 atom stereocenters. The summed E-state index contributed by atoms with van der Waals surface area (Å²) in [5, 5.41) is 3.49. The standard InChI is InChI=1S/C39H48ClN3O4S/c1-27(2)24-41-38(45)36(20-28-9-5-4-6-10-28)42(25-32-11-7-8-12-35(32)40)37(44)26-43(48(3,46)47)34-15-13-33(14-16-34)39-21-29-17-30(22-39)19-31(18-29)23-39/h4-16,27,29-31,36H,17-26H2,1-3H3,(H,41,45)/t29?,30?,31?,36-,39?/m0/s1. The van der Waals surface area contributed by atoms with Crippen LogP contribution in [0.25, 0.3) is 0 Å². The minimum atomic E-state index is -3.85. The lowest BCUT2D eigenvalue weighted by molar-refractivity contribution is -0.140. The van der Waals surface area contributed by atoms with Gasteiger partial charge in [-0.3, -0.25) is 13.9 Å². The van der Waals surface area contributed by atoms with Crippen molar-refractivity contribution in [2.24, 2.45) is 23.7 Å². The number of anilines is 1. The molecule has 0 saturated heterocycles. The third-order valence-electron chi connectivity index (χ3n) is 10.7. The van der Waals surface area contributed by atoms with Crippen molar-refractivity contribution in [3.8, 4) is 0 Å². The van der Waals surface area contributed by atoms with E-state index < -0.39 is 28.5 Å². The summed E-state index contributed by atoms with van der Waals surface area (Å²) in [6.45, 7) is 4.08. The van der Waals surface area contributed by atoms with Gasteiger partial charge in [-0.15, -0.1) is 0 Å². The normalized spacial score (nSPS) is 23.6. The first kappa shape index (κ1) is 34.5. The van der Waals surface area contributed by atoms with Crippen molar-refractivity contribution in [1.82, 2.24) is 10.2 Å². The molecule has 1 N–H and O–H groups in total. The zero-order chi connectivity index (χ0) is 34.1. The molecule has 9 heteroatoms. The monoisotopic (exact) mass is 689 g/mol. The molecule has 0 radical (unpaired) electrons. The van der Waals surface area contributed by atoms with E-state index in [1.54, 1.807) is 6.07 Å². The highest BCUT2D eigenvalue weighted by Gasteiger charge is 2.51. The van der Waals surface area contributed by atoms with Gasteiger partial charge in [0.15, 0.2) is 0 Å². The minimum Gasteiger partial charge on any atom is -0.354 e. The molecule has 3 aromatic rings. The second-order valence-corrected chi connectivity index (χ2v) is 17.3. The van der Waals surface area contributed by atoms with Crippen LogP contribution in [-0.4, -0.2) is 50.5 Å². The molecule has 0 unspecified atom stereocenters. The van der Waals surface area contributed by atoms with E-state index >= 15 is 0 Å². The molecule has 2 amide bonds. The number of amides is 2. The highest BCUT2D eigenvalue weighted by Crippen LogP contribution is 2.60. The summed E-state index contributed by atoms with van der Waals surface area (Å²) in [6, 6.07) is 23.8. The molecule has 48 heavy (non-hydrogen) atoms. The first-order valence-corrected chi connectivity index (χ1v) is 19.6. The lowest BCUT2D eigenvalue weighted by Crippen LogP contribution is -2.53. The Kier molecular flexibility index (Phi) is 10.2. The zero-order valence-electron chi connectivity index (χ0n) is 28.3. The van der Waals surface area contributed by atoms with Gasteiger partial charge in [0.05, 0.1) is 11.9 Å². The van der Waals surface area contributed by atoms with Crippen LogP contribution in [0.5, 0.6) is 0 Å². The van der Waals surface area contributed by atoms with Crippen molar-refractivity contribution < 1.29 is 18.0 Å². The topological polar surface area (TPSA) is 86.8 Å². The van der Waals surface area contributed by atoms with Crippen molar-refractivity contribution in [1.29, 1.82) is 0 Å². The van der Waals surface area contributed by atoms with Crippen molar-refractivity contribution in [3.05, 3.63) is 101 Å². The fourth-order valence-corrected chi connectivity index (χ4v) is 9.89. The van der Waals surface area contributed by atoms with Gasteiger partial charge in [0.1, 0.15) is 12.6 Å². The van der Waals surface area contributed by atoms with E-state index in [0.29, 0.717) is 22.8 Å². The summed E-state index contributed by atoms with van der Waals surface area (Å²) in [5.41, 5.74) is 3.47. The first-order valence-electron chi connectivity index (χ1n) is 17.3. The van der Waals surface area contributed by atoms with Gasteiger partial charge in [-0.05, 0) is 103 Å². The summed E-state index contributed by atoms with van der Waals surface area (Å²) < 4.78 is 27.8. The maximum absolute atomic E-state index is 14.5. The fraction of sp³-hybridized carbons (Fsp3) is 0.487. The second kappa shape index (κ2) is 14.2. The Morgan fingerprint density at radius 1 is 0.875 bits per heavy atom. The van der Waals surface area contributed by atoms with E-state index in [0.717, 1.165) is 29.6 Å². The molecule has 4 aliphatic carbocycles. The lowest BCUT2D eigenvalue weighted by Gasteiger charge is -2.57. The zero-order valence-corrected chi connectivity index (χ0v) is 29.8. The molecule has 4 bridgehead atoms. The third kappa shape index (κ3) is 7.76. The average molecular weight is 690 g/mol. The van der Waals surface area contributed by atoms with E-state index in [4.69, 9.17) is 11.6 Å². The van der Waals surface area contributed by atoms with Gasteiger partial charge in [0.25, 0.3) is 0 Å². The molecule has 0 aromatic heterocycles. The minimum absolute atomic E-state index is 0.0493. The molecule has 4 fully saturated rings. The van der Waals surface area contributed by atoms with Crippen molar-refractivity contribution >= 4 is 39.1 Å². The van der Waals surface area contributed by atoms with Gasteiger partial charge in [-0.1, -0.05) is 86.1 Å². The van der Waals surface area contributed by atoms with Gasteiger partial charge in [-0.2, -0.15) is 0 Å². The number of benzene rings is 3. The van der Waals surface area contributed by atoms with Crippen LogP contribution in [0.1, 0.15) is 69.1 Å². The molecule has 0 spiro atoms. The van der Waals surface area contributed by atoms with Crippen LogP contribution < -0.4 is 9.62 Å². The Morgan fingerprint density at radius 3 is 2.02 bits per heavy atom. The predicted octanol–water partition coefficient (Wildman–Crippen LogP) is 6.99. The van der Waals surface area contributed by atoms with E-state index in [1.165, 1.54) is 53.3 Å². The smallest absolute Gasteiger partial charge is 0.244 e. The highest BCUT2D eigenvalue weighted by molar-refractivity contribution is 7.92. The predicted molar refractivity (Wildman–Crippen MR) is 192 cm³/mol. The van der Waals surface area contributed by atoms with Gasteiger partial charge >= 0.3 is 0 Å². The third-order valence-corrected chi connectivity index (χ3v) is 12.2. The number of carbonyl (C=O) groups is 2. The number of sulfonamides is 1. The Labute approximate surface area is 291 Å². The molecular formula is C39H48ClN3O4S. The van der Waals surface area contributed by atoms with Gasteiger partial charge in [0.2, 0.25) is 21.8 Å². The Balaban J connectivity index is 1.31. The number of hydrogen-bond acceptors (Lipinski definition) is 4. The van der Waals surface area contributed by atoms with E-state index in [9.17, 15) is 18.0 Å². The van der Waals surface area contributed by atoms with Crippen LogP contribution in [0.15, 0.2) is 78.9 Å².